The molecular weight excluding hydrogens is 261 g/mol. The number of nitrogens with two attached hydrogens (primary N) is 1. The topological polar surface area (TPSA) is 67.6 Å². The highest BCUT2D eigenvalue weighted by Crippen LogP contribution is 2.16. The first kappa shape index (κ1) is 14.7. The van der Waals surface area contributed by atoms with E-state index in [0.29, 0.717) is 18.8 Å². The van der Waals surface area contributed by atoms with Gasteiger partial charge in [-0.25, -0.2) is 4.39 Å². The van der Waals surface area contributed by atoms with Gasteiger partial charge in [0.25, 0.3) is 0 Å². The number of nitrogens with zero attached hydrogens (tertiary/aromatic N) is 1. The monoisotopic (exact) mass is 281 g/mol. The lowest BCUT2D eigenvalue weighted by atomic mass is 10.2. The number of carbonyl (C=O) groups excluding carboxylic acids is 1. The van der Waals surface area contributed by atoms with Crippen molar-refractivity contribution in [3.8, 4) is 0 Å². The van der Waals surface area contributed by atoms with Crippen LogP contribution in [0.5, 0.6) is 0 Å². The van der Waals surface area contributed by atoms with Crippen LogP contribution in [0.3, 0.4) is 0 Å². The number of nitrogens with one attached hydrogen (secondary N) is 1. The summed E-state index contributed by atoms with van der Waals surface area (Å²) in [6.07, 6.45) is 1.13. The molecule has 0 radical (unpaired) electrons. The summed E-state index contributed by atoms with van der Waals surface area (Å²) in [6.45, 7) is 4.52. The Morgan fingerprint density at radius 2 is 2.40 bits per heavy atom. The third-order valence-electron chi connectivity index (χ3n) is 3.33. The predicted octanol–water partition coefficient (Wildman–Crippen LogP) is 1.46. The summed E-state index contributed by atoms with van der Waals surface area (Å²) >= 11 is 0. The molecule has 1 amide bonds. The second-order valence-corrected chi connectivity index (χ2v) is 4.92. The first-order valence-electron chi connectivity index (χ1n) is 6.77. The van der Waals surface area contributed by atoms with Gasteiger partial charge in [-0.3, -0.25) is 9.69 Å². The highest BCUT2D eigenvalue weighted by Gasteiger charge is 2.20. The molecule has 20 heavy (non-hydrogen) atoms. The molecule has 1 heterocycles. The molecule has 1 aromatic rings. The van der Waals surface area contributed by atoms with Crippen molar-refractivity contribution >= 4 is 17.3 Å². The van der Waals surface area contributed by atoms with Gasteiger partial charge in [0, 0.05) is 18.8 Å². The fourth-order valence-corrected chi connectivity index (χ4v) is 2.20. The van der Waals surface area contributed by atoms with Crippen molar-refractivity contribution < 1.29 is 13.9 Å². The Morgan fingerprint density at radius 1 is 1.60 bits per heavy atom. The van der Waals surface area contributed by atoms with Crippen LogP contribution in [0, 0.1) is 5.82 Å². The van der Waals surface area contributed by atoms with Crippen molar-refractivity contribution in [2.45, 2.75) is 19.4 Å². The lowest BCUT2D eigenvalue weighted by Crippen LogP contribution is -2.45. The van der Waals surface area contributed by atoms with E-state index in [9.17, 15) is 9.18 Å². The van der Waals surface area contributed by atoms with Crippen LogP contribution in [0.2, 0.25) is 0 Å². The molecule has 0 aromatic heterocycles. The number of morpholine rings is 1. The lowest BCUT2D eigenvalue weighted by Gasteiger charge is -2.31. The molecule has 1 aliphatic heterocycles. The van der Waals surface area contributed by atoms with Crippen LogP contribution >= 0.6 is 0 Å². The summed E-state index contributed by atoms with van der Waals surface area (Å²) in [6, 6.07) is 4.16. The van der Waals surface area contributed by atoms with E-state index in [1.165, 1.54) is 18.2 Å². The smallest absolute Gasteiger partial charge is 0.238 e. The van der Waals surface area contributed by atoms with E-state index in [1.807, 2.05) is 0 Å². The van der Waals surface area contributed by atoms with Gasteiger partial charge in [0.05, 0.1) is 24.9 Å². The standard InChI is InChI=1S/C14H20FN3O2/c1-2-11-8-18(5-6-20-11)9-14(19)17-10-3-4-12(15)13(16)7-10/h3-4,7,11H,2,5-6,8-9,16H2,1H3,(H,17,19). The number of anilines is 2. The second-order valence-electron chi connectivity index (χ2n) is 4.92. The molecule has 1 saturated heterocycles. The van der Waals surface area contributed by atoms with Crippen LogP contribution in [0.15, 0.2) is 18.2 Å². The Kier molecular flexibility index (Phi) is 4.92. The van der Waals surface area contributed by atoms with Gasteiger partial charge >= 0.3 is 0 Å². The Labute approximate surface area is 117 Å². The quantitative estimate of drug-likeness (QED) is 0.820. The van der Waals surface area contributed by atoms with Gasteiger partial charge in [0.1, 0.15) is 5.82 Å². The molecule has 1 atom stereocenters. The molecule has 0 aliphatic carbocycles. The van der Waals surface area contributed by atoms with Crippen LogP contribution in [0.25, 0.3) is 0 Å². The van der Waals surface area contributed by atoms with Gasteiger partial charge in [-0.1, -0.05) is 6.92 Å². The van der Waals surface area contributed by atoms with Gasteiger partial charge < -0.3 is 15.8 Å². The van der Waals surface area contributed by atoms with Crippen LogP contribution in [-0.2, 0) is 9.53 Å². The highest BCUT2D eigenvalue weighted by molar-refractivity contribution is 5.92. The molecule has 6 heteroatoms. The van der Waals surface area contributed by atoms with Crippen LogP contribution in [0.4, 0.5) is 15.8 Å². The van der Waals surface area contributed by atoms with Gasteiger partial charge in [0.2, 0.25) is 5.91 Å². The molecule has 1 unspecified atom stereocenters. The number of benzene rings is 1. The first-order valence-corrected chi connectivity index (χ1v) is 6.77. The summed E-state index contributed by atoms with van der Waals surface area (Å²) in [5, 5.41) is 2.72. The molecule has 2 rings (SSSR count). The predicted molar refractivity (Wildman–Crippen MR) is 75.9 cm³/mol. The SMILES string of the molecule is CCC1CN(CC(=O)Nc2ccc(F)c(N)c2)CCO1. The molecule has 1 fully saturated rings. The third kappa shape index (κ3) is 3.91. The second kappa shape index (κ2) is 6.67. The van der Waals surface area contributed by atoms with Crippen molar-refractivity contribution in [3.63, 3.8) is 0 Å². The number of amides is 1. The maximum absolute atomic E-state index is 13.0. The molecule has 5 nitrogen and oxygen atoms in total. The summed E-state index contributed by atoms with van der Waals surface area (Å²) in [7, 11) is 0. The van der Waals surface area contributed by atoms with E-state index in [1.54, 1.807) is 0 Å². The van der Waals surface area contributed by atoms with Crippen molar-refractivity contribution in [1.82, 2.24) is 4.90 Å². The Hall–Kier alpha value is -1.66. The van der Waals surface area contributed by atoms with Gasteiger partial charge in [0.15, 0.2) is 0 Å². The van der Waals surface area contributed by atoms with Crippen molar-refractivity contribution in [1.29, 1.82) is 0 Å². The van der Waals surface area contributed by atoms with E-state index in [2.05, 4.69) is 17.1 Å². The zero-order valence-corrected chi connectivity index (χ0v) is 11.6. The zero-order chi connectivity index (χ0) is 14.5. The molecule has 0 spiro atoms. The fourth-order valence-electron chi connectivity index (χ4n) is 2.20. The molecule has 1 aromatic carbocycles. The minimum Gasteiger partial charge on any atom is -0.396 e. The largest absolute Gasteiger partial charge is 0.396 e. The maximum atomic E-state index is 13.0. The Morgan fingerprint density at radius 3 is 3.10 bits per heavy atom. The summed E-state index contributed by atoms with van der Waals surface area (Å²) < 4.78 is 18.6. The molecular formula is C14H20FN3O2. The first-order chi connectivity index (χ1) is 9.58. The van der Waals surface area contributed by atoms with Crippen molar-refractivity contribution in [2.24, 2.45) is 0 Å². The molecule has 110 valence electrons. The molecule has 0 saturated carbocycles. The van der Waals surface area contributed by atoms with E-state index in [-0.39, 0.29) is 17.7 Å². The zero-order valence-electron chi connectivity index (χ0n) is 11.6. The number of halogens is 1. The summed E-state index contributed by atoms with van der Waals surface area (Å²) in [4.78, 5) is 14.0. The number of ether oxygens (including phenoxy) is 1. The Bertz CT molecular complexity index is 481. The molecule has 3 N–H and O–H groups in total. The molecule has 0 bridgehead atoms. The minimum atomic E-state index is -0.484. The van der Waals surface area contributed by atoms with E-state index in [4.69, 9.17) is 10.5 Å². The highest BCUT2D eigenvalue weighted by atomic mass is 19.1. The van der Waals surface area contributed by atoms with Crippen molar-refractivity contribution in [2.75, 3.05) is 37.3 Å². The number of rotatable bonds is 4. The average molecular weight is 281 g/mol. The average Bonchev–Trinajstić information content (AvgIpc) is 2.43. The van der Waals surface area contributed by atoms with Gasteiger partial charge in [-0.2, -0.15) is 0 Å². The number of carbonyl (C=O) groups is 1. The maximum Gasteiger partial charge on any atom is 0.238 e. The van der Waals surface area contributed by atoms with E-state index >= 15 is 0 Å². The third-order valence-corrected chi connectivity index (χ3v) is 3.33. The Balaban J connectivity index is 1.87. The molecule has 1 aliphatic rings. The minimum absolute atomic E-state index is 0.0280. The van der Waals surface area contributed by atoms with Gasteiger partial charge in [-0.15, -0.1) is 0 Å². The van der Waals surface area contributed by atoms with Gasteiger partial charge in [-0.05, 0) is 24.6 Å². The fraction of sp³-hybridized carbons (Fsp3) is 0.500. The summed E-state index contributed by atoms with van der Waals surface area (Å²) in [5.41, 5.74) is 6.00. The van der Waals surface area contributed by atoms with Crippen LogP contribution < -0.4 is 11.1 Å². The summed E-state index contributed by atoms with van der Waals surface area (Å²) in [5.74, 6) is -0.616. The van der Waals surface area contributed by atoms with Crippen molar-refractivity contribution in [3.05, 3.63) is 24.0 Å². The van der Waals surface area contributed by atoms with Crippen LogP contribution in [-0.4, -0.2) is 43.2 Å². The normalized spacial score (nSPS) is 19.8. The van der Waals surface area contributed by atoms with Crippen LogP contribution in [0.1, 0.15) is 13.3 Å². The lowest BCUT2D eigenvalue weighted by molar-refractivity contribution is -0.119. The number of nitrogen functional groups attached to an aromatic ring is 1. The van der Waals surface area contributed by atoms with E-state index < -0.39 is 5.82 Å². The number of hydrogen-bond donors (Lipinski definition) is 2. The van der Waals surface area contributed by atoms with E-state index in [0.717, 1.165) is 19.5 Å². The number of hydrogen-bond acceptors (Lipinski definition) is 4.